The predicted molar refractivity (Wildman–Crippen MR) is 81.8 cm³/mol. The lowest BCUT2D eigenvalue weighted by Crippen LogP contribution is -2.11. The number of carbonyl (C=O) groups excluding carboxylic acids is 1. The van der Waals surface area contributed by atoms with Crippen molar-refractivity contribution in [1.29, 1.82) is 0 Å². The van der Waals surface area contributed by atoms with Crippen LogP contribution in [0.5, 0.6) is 0 Å². The molecule has 4 nitrogen and oxygen atoms in total. The molecule has 0 spiro atoms. The van der Waals surface area contributed by atoms with Crippen LogP contribution in [0.3, 0.4) is 0 Å². The summed E-state index contributed by atoms with van der Waals surface area (Å²) in [5, 5.41) is -0.141. The zero-order valence-corrected chi connectivity index (χ0v) is 12.7. The van der Waals surface area contributed by atoms with Crippen molar-refractivity contribution in [2.24, 2.45) is 5.73 Å². The summed E-state index contributed by atoms with van der Waals surface area (Å²) < 4.78 is 2.15. The number of carbonyl (C=O) groups is 1. The van der Waals surface area contributed by atoms with Crippen molar-refractivity contribution in [2.45, 2.75) is 45.0 Å². The second-order valence-electron chi connectivity index (χ2n) is 5.10. The third-order valence-electron chi connectivity index (χ3n) is 3.42. The molecule has 1 amide bonds. The zero-order chi connectivity index (χ0) is 14.7. The summed E-state index contributed by atoms with van der Waals surface area (Å²) in [6.45, 7) is 4.78. The summed E-state index contributed by atoms with van der Waals surface area (Å²) >= 11 is 6.24. The molecule has 1 unspecified atom stereocenters. The lowest BCUT2D eigenvalue weighted by Gasteiger charge is -2.10. The van der Waals surface area contributed by atoms with Gasteiger partial charge in [0.1, 0.15) is 5.82 Å². The number of aryl methyl sites for hydroxylation is 2. The van der Waals surface area contributed by atoms with Crippen LogP contribution < -0.4 is 5.73 Å². The molecule has 2 rings (SSSR count). The maximum absolute atomic E-state index is 10.8. The number of rotatable bonds is 6. The number of nitrogens with two attached hydrogens (primary N) is 1. The number of primary amides is 1. The Labute approximate surface area is 123 Å². The van der Waals surface area contributed by atoms with Crippen molar-refractivity contribution in [3.05, 3.63) is 29.6 Å². The Kier molecular flexibility index (Phi) is 4.65. The predicted octanol–water partition coefficient (Wildman–Crippen LogP) is 3.30. The van der Waals surface area contributed by atoms with Gasteiger partial charge < -0.3 is 10.3 Å². The maximum atomic E-state index is 10.8. The number of alkyl halides is 1. The quantitative estimate of drug-likeness (QED) is 0.656. The summed E-state index contributed by atoms with van der Waals surface area (Å²) in [5.74, 6) is 0.636. The number of unbranched alkanes of at least 4 members (excludes halogenated alkanes) is 1. The van der Waals surface area contributed by atoms with Gasteiger partial charge in [0, 0.05) is 13.0 Å². The van der Waals surface area contributed by atoms with E-state index in [2.05, 4.69) is 28.6 Å². The lowest BCUT2D eigenvalue weighted by atomic mass is 10.2. The Hall–Kier alpha value is -1.55. The minimum atomic E-state index is -0.248. The standard InChI is InChI=1S/C15H20ClN3O/c1-10-6-5-7-12-14(10)18-15(11(2)16)19(12)9-4-3-8-13(17)20/h5-7,11H,3-4,8-9H2,1-2H3,(H2,17,20). The first-order chi connectivity index (χ1) is 9.50. The molecule has 0 radical (unpaired) electrons. The molecule has 1 aromatic carbocycles. The number of benzene rings is 1. The molecule has 0 aliphatic carbocycles. The zero-order valence-electron chi connectivity index (χ0n) is 11.9. The van der Waals surface area contributed by atoms with E-state index in [4.69, 9.17) is 17.3 Å². The first-order valence-corrected chi connectivity index (χ1v) is 7.32. The van der Waals surface area contributed by atoms with Gasteiger partial charge in [0.2, 0.25) is 5.91 Å². The smallest absolute Gasteiger partial charge is 0.217 e. The van der Waals surface area contributed by atoms with Crippen LogP contribution >= 0.6 is 11.6 Å². The summed E-state index contributed by atoms with van der Waals surface area (Å²) in [6, 6.07) is 6.14. The molecule has 0 aliphatic heterocycles. The van der Waals surface area contributed by atoms with Crippen molar-refractivity contribution in [2.75, 3.05) is 0 Å². The first-order valence-electron chi connectivity index (χ1n) is 6.89. The normalized spacial score (nSPS) is 12.8. The van der Waals surface area contributed by atoms with Crippen LogP contribution in [-0.4, -0.2) is 15.5 Å². The highest BCUT2D eigenvalue weighted by Crippen LogP contribution is 2.26. The second kappa shape index (κ2) is 6.27. The fraction of sp³-hybridized carbons (Fsp3) is 0.467. The molecular weight excluding hydrogens is 274 g/mol. The third-order valence-corrected chi connectivity index (χ3v) is 3.62. The van der Waals surface area contributed by atoms with Gasteiger partial charge in [-0.3, -0.25) is 4.79 Å². The van der Waals surface area contributed by atoms with E-state index in [9.17, 15) is 4.79 Å². The van der Waals surface area contributed by atoms with Gasteiger partial charge in [-0.15, -0.1) is 11.6 Å². The number of imidazole rings is 1. The largest absolute Gasteiger partial charge is 0.370 e. The highest BCUT2D eigenvalue weighted by molar-refractivity contribution is 6.20. The summed E-state index contributed by atoms with van der Waals surface area (Å²) in [5.41, 5.74) is 8.42. The average Bonchev–Trinajstić information content (AvgIpc) is 2.75. The molecule has 0 saturated heterocycles. The van der Waals surface area contributed by atoms with E-state index >= 15 is 0 Å². The number of nitrogens with zero attached hydrogens (tertiary/aromatic N) is 2. The maximum Gasteiger partial charge on any atom is 0.217 e. The van der Waals surface area contributed by atoms with Gasteiger partial charge in [-0.05, 0) is 38.3 Å². The Balaban J connectivity index is 2.27. The minimum absolute atomic E-state index is 0.141. The summed E-state index contributed by atoms with van der Waals surface area (Å²) in [6.07, 6.45) is 2.10. The number of fused-ring (bicyclic) bond motifs is 1. The number of hydrogen-bond acceptors (Lipinski definition) is 2. The molecule has 1 heterocycles. The van der Waals surface area contributed by atoms with E-state index in [-0.39, 0.29) is 11.3 Å². The van der Waals surface area contributed by atoms with Gasteiger partial charge >= 0.3 is 0 Å². The van der Waals surface area contributed by atoms with Crippen molar-refractivity contribution in [1.82, 2.24) is 9.55 Å². The molecule has 1 atom stereocenters. The Morgan fingerprint density at radius 2 is 2.20 bits per heavy atom. The van der Waals surface area contributed by atoms with E-state index in [1.54, 1.807) is 0 Å². The van der Waals surface area contributed by atoms with Gasteiger partial charge in [0.15, 0.2) is 0 Å². The monoisotopic (exact) mass is 293 g/mol. The molecule has 0 bridgehead atoms. The van der Waals surface area contributed by atoms with Crippen LogP contribution in [0.4, 0.5) is 0 Å². The van der Waals surface area contributed by atoms with Gasteiger partial charge in [-0.1, -0.05) is 12.1 Å². The molecule has 0 fully saturated rings. The highest BCUT2D eigenvalue weighted by Gasteiger charge is 2.15. The van der Waals surface area contributed by atoms with Crippen molar-refractivity contribution in [3.8, 4) is 0 Å². The molecular formula is C15H20ClN3O. The number of hydrogen-bond donors (Lipinski definition) is 1. The van der Waals surface area contributed by atoms with Crippen molar-refractivity contribution >= 4 is 28.5 Å². The number of halogens is 1. The first kappa shape index (κ1) is 14.9. The minimum Gasteiger partial charge on any atom is -0.370 e. The van der Waals surface area contributed by atoms with Gasteiger partial charge in [0.05, 0.1) is 16.4 Å². The van der Waals surface area contributed by atoms with E-state index in [0.717, 1.165) is 41.8 Å². The van der Waals surface area contributed by atoms with Crippen LogP contribution in [0, 0.1) is 6.92 Å². The molecule has 2 N–H and O–H groups in total. The van der Waals surface area contributed by atoms with Crippen LogP contribution in [0.1, 0.15) is 43.0 Å². The summed E-state index contributed by atoms with van der Waals surface area (Å²) in [4.78, 5) is 15.4. The molecule has 20 heavy (non-hydrogen) atoms. The third kappa shape index (κ3) is 3.12. The van der Waals surface area contributed by atoms with E-state index < -0.39 is 0 Å². The van der Waals surface area contributed by atoms with Crippen LogP contribution in [-0.2, 0) is 11.3 Å². The van der Waals surface area contributed by atoms with E-state index in [1.165, 1.54) is 0 Å². The topological polar surface area (TPSA) is 60.9 Å². The lowest BCUT2D eigenvalue weighted by molar-refractivity contribution is -0.118. The highest BCUT2D eigenvalue weighted by atomic mass is 35.5. The number of para-hydroxylation sites is 1. The number of aromatic nitrogens is 2. The van der Waals surface area contributed by atoms with Crippen molar-refractivity contribution in [3.63, 3.8) is 0 Å². The second-order valence-corrected chi connectivity index (χ2v) is 5.76. The van der Waals surface area contributed by atoms with E-state index in [1.807, 2.05) is 13.0 Å². The SMILES string of the molecule is Cc1cccc2c1nc(C(C)Cl)n2CCCCC(N)=O. The van der Waals surface area contributed by atoms with E-state index in [0.29, 0.717) is 6.42 Å². The Bertz CT molecular complexity index is 619. The van der Waals surface area contributed by atoms with Crippen LogP contribution in [0.2, 0.25) is 0 Å². The summed E-state index contributed by atoms with van der Waals surface area (Å²) in [7, 11) is 0. The van der Waals surface area contributed by atoms with Crippen molar-refractivity contribution < 1.29 is 4.79 Å². The van der Waals surface area contributed by atoms with Crippen LogP contribution in [0.25, 0.3) is 11.0 Å². The molecule has 5 heteroatoms. The van der Waals surface area contributed by atoms with Gasteiger partial charge in [-0.2, -0.15) is 0 Å². The molecule has 0 saturated carbocycles. The number of amides is 1. The fourth-order valence-corrected chi connectivity index (χ4v) is 2.58. The molecule has 0 aliphatic rings. The molecule has 2 aromatic rings. The molecule has 1 aromatic heterocycles. The Morgan fingerprint density at radius 3 is 2.85 bits per heavy atom. The molecule has 108 valence electrons. The van der Waals surface area contributed by atoms with Gasteiger partial charge in [0.25, 0.3) is 0 Å². The van der Waals surface area contributed by atoms with Crippen LogP contribution in [0.15, 0.2) is 18.2 Å². The fourth-order valence-electron chi connectivity index (χ4n) is 2.41. The van der Waals surface area contributed by atoms with Gasteiger partial charge in [-0.25, -0.2) is 4.98 Å². The average molecular weight is 294 g/mol. The Morgan fingerprint density at radius 1 is 1.45 bits per heavy atom.